The van der Waals surface area contributed by atoms with E-state index < -0.39 is 0 Å². The molecule has 7 nitrogen and oxygen atoms in total. The van der Waals surface area contributed by atoms with E-state index in [1.54, 1.807) is 0 Å². The molecule has 7 heteroatoms. The molecule has 13 aromatic rings. The second-order valence-electron chi connectivity index (χ2n) is 16.2. The van der Waals surface area contributed by atoms with Crippen molar-refractivity contribution in [2.75, 3.05) is 0 Å². The Bertz CT molecular complexity index is 3930. The van der Waals surface area contributed by atoms with E-state index in [-0.39, 0.29) is 0 Å². The van der Waals surface area contributed by atoms with Gasteiger partial charge in [-0.05, 0) is 71.8 Å². The molecule has 0 amide bonds. The summed E-state index contributed by atoms with van der Waals surface area (Å²) in [7, 11) is 0. The molecule has 4 heterocycles. The number of benzene rings is 9. The van der Waals surface area contributed by atoms with Gasteiger partial charge in [0.2, 0.25) is 5.89 Å². The van der Waals surface area contributed by atoms with Crippen LogP contribution < -0.4 is 0 Å². The van der Waals surface area contributed by atoms with Gasteiger partial charge in [0, 0.05) is 49.6 Å². The highest BCUT2D eigenvalue weighted by atomic mass is 16.3. The van der Waals surface area contributed by atoms with Gasteiger partial charge in [-0.15, -0.1) is 0 Å². The molecule has 0 spiro atoms. The van der Waals surface area contributed by atoms with E-state index in [9.17, 15) is 0 Å². The van der Waals surface area contributed by atoms with Gasteiger partial charge in [-0.25, -0.2) is 19.9 Å². The Balaban J connectivity index is 1.03. The summed E-state index contributed by atoms with van der Waals surface area (Å²) in [5, 5.41) is 4.74. The van der Waals surface area contributed by atoms with Gasteiger partial charge in [0.05, 0.1) is 27.6 Å². The van der Waals surface area contributed by atoms with Gasteiger partial charge in [0.1, 0.15) is 5.52 Å². The second-order valence-corrected chi connectivity index (χ2v) is 16.2. The van der Waals surface area contributed by atoms with E-state index in [0.717, 1.165) is 61.2 Å². The third-order valence-corrected chi connectivity index (χ3v) is 12.4. The lowest BCUT2D eigenvalue weighted by Crippen LogP contribution is -2.02. The van der Waals surface area contributed by atoms with E-state index in [0.29, 0.717) is 28.9 Å². The van der Waals surface area contributed by atoms with Gasteiger partial charge < -0.3 is 13.6 Å². The molecule has 0 saturated carbocycles. The van der Waals surface area contributed by atoms with Gasteiger partial charge in [-0.1, -0.05) is 158 Å². The number of oxazole rings is 1. The third-order valence-electron chi connectivity index (χ3n) is 12.4. The number of hydrogen-bond acceptors (Lipinski definition) is 5. The predicted octanol–water partition coefficient (Wildman–Crippen LogP) is 14.5. The number of para-hydroxylation sites is 3. The average molecular weight is 833 g/mol. The van der Waals surface area contributed by atoms with Crippen molar-refractivity contribution >= 4 is 54.7 Å². The summed E-state index contributed by atoms with van der Waals surface area (Å²) in [5.41, 5.74) is 13.7. The van der Waals surface area contributed by atoms with E-state index in [1.807, 2.05) is 78.9 Å². The largest absolute Gasteiger partial charge is 0.435 e. The fourth-order valence-corrected chi connectivity index (χ4v) is 9.43. The first-order valence-corrected chi connectivity index (χ1v) is 21.7. The van der Waals surface area contributed by atoms with E-state index in [2.05, 4.69) is 149 Å². The molecular formula is C58H36N6O. The van der Waals surface area contributed by atoms with Crippen molar-refractivity contribution in [2.24, 2.45) is 0 Å². The van der Waals surface area contributed by atoms with Crippen LogP contribution in [0.5, 0.6) is 0 Å². The van der Waals surface area contributed by atoms with Crippen LogP contribution in [0.1, 0.15) is 0 Å². The van der Waals surface area contributed by atoms with Gasteiger partial charge in [0.15, 0.2) is 23.1 Å². The summed E-state index contributed by atoms with van der Waals surface area (Å²) in [6, 6.07) is 75.9. The minimum absolute atomic E-state index is 0.502. The monoisotopic (exact) mass is 832 g/mol. The van der Waals surface area contributed by atoms with Crippen LogP contribution in [-0.4, -0.2) is 29.1 Å². The molecule has 0 aliphatic carbocycles. The van der Waals surface area contributed by atoms with Gasteiger partial charge in [-0.2, -0.15) is 0 Å². The van der Waals surface area contributed by atoms with Crippen LogP contribution in [0.25, 0.3) is 123 Å². The Morgan fingerprint density at radius 3 is 1.49 bits per heavy atom. The van der Waals surface area contributed by atoms with Crippen LogP contribution >= 0.6 is 0 Å². The fourth-order valence-electron chi connectivity index (χ4n) is 9.43. The van der Waals surface area contributed by atoms with Crippen LogP contribution in [0.2, 0.25) is 0 Å². The average Bonchev–Trinajstić information content (AvgIpc) is 4.08. The highest BCUT2D eigenvalue weighted by molar-refractivity contribution is 6.23. The van der Waals surface area contributed by atoms with Crippen LogP contribution in [0, 0.1) is 0 Å². The van der Waals surface area contributed by atoms with Gasteiger partial charge in [-0.3, -0.25) is 0 Å². The molecule has 4 aromatic heterocycles. The summed E-state index contributed by atoms with van der Waals surface area (Å²) in [6.07, 6.45) is 0. The smallest absolute Gasteiger partial charge is 0.227 e. The van der Waals surface area contributed by atoms with E-state index >= 15 is 0 Å². The molecule has 0 radical (unpaired) electrons. The zero-order chi connectivity index (χ0) is 42.8. The summed E-state index contributed by atoms with van der Waals surface area (Å²) >= 11 is 0. The maximum atomic E-state index is 6.49. The lowest BCUT2D eigenvalue weighted by Gasteiger charge is -2.14. The van der Waals surface area contributed by atoms with Crippen LogP contribution in [0.15, 0.2) is 223 Å². The Labute approximate surface area is 373 Å². The van der Waals surface area contributed by atoms with E-state index in [1.165, 1.54) is 32.7 Å². The van der Waals surface area contributed by atoms with Crippen LogP contribution in [0.3, 0.4) is 0 Å². The lowest BCUT2D eigenvalue weighted by molar-refractivity contribution is 0.620. The normalized spacial score (nSPS) is 11.7. The molecule has 0 bridgehead atoms. The van der Waals surface area contributed by atoms with Crippen molar-refractivity contribution in [1.29, 1.82) is 0 Å². The maximum Gasteiger partial charge on any atom is 0.227 e. The van der Waals surface area contributed by atoms with Gasteiger partial charge in [0.25, 0.3) is 0 Å². The van der Waals surface area contributed by atoms with Gasteiger partial charge >= 0.3 is 0 Å². The first-order chi connectivity index (χ1) is 32.2. The minimum Gasteiger partial charge on any atom is -0.435 e. The van der Waals surface area contributed by atoms with Crippen molar-refractivity contribution < 1.29 is 4.42 Å². The van der Waals surface area contributed by atoms with Crippen molar-refractivity contribution in [1.82, 2.24) is 29.1 Å². The molecule has 0 aliphatic heterocycles. The topological polar surface area (TPSA) is 74.6 Å². The molecule has 0 N–H and O–H groups in total. The zero-order valence-electron chi connectivity index (χ0n) is 34.9. The Morgan fingerprint density at radius 1 is 0.323 bits per heavy atom. The van der Waals surface area contributed by atoms with Crippen molar-refractivity contribution in [3.8, 4) is 68.1 Å². The highest BCUT2D eigenvalue weighted by Crippen LogP contribution is 2.42. The van der Waals surface area contributed by atoms with Crippen molar-refractivity contribution in [3.63, 3.8) is 0 Å². The molecule has 0 atom stereocenters. The number of rotatable bonds is 7. The molecule has 0 unspecified atom stereocenters. The van der Waals surface area contributed by atoms with Crippen LogP contribution in [0.4, 0.5) is 0 Å². The Kier molecular flexibility index (Phi) is 8.39. The second kappa shape index (κ2) is 14.9. The third kappa shape index (κ3) is 6.05. The first kappa shape index (κ1) is 36.7. The molecule has 0 saturated heterocycles. The lowest BCUT2D eigenvalue weighted by atomic mass is 10.1. The highest BCUT2D eigenvalue weighted by Gasteiger charge is 2.23. The number of aromatic nitrogens is 6. The maximum absolute atomic E-state index is 6.49. The SMILES string of the molecule is c1ccc(-c2ccc(-n3c4ccccc4c4ccc5c6ccccc6n(-c6cccc(-c7nc(-c8ccccc8)nc(-c8cccc9nc(-c%10ccccc%10)oc89)n7)c6)c5c43)cc2)cc1. The predicted molar refractivity (Wildman–Crippen MR) is 263 cm³/mol. The Hall–Kier alpha value is -8.94. The zero-order valence-corrected chi connectivity index (χ0v) is 34.9. The number of fused-ring (bicyclic) bond motifs is 8. The number of nitrogens with zero attached hydrogens (tertiary/aromatic N) is 6. The molecule has 9 aromatic carbocycles. The molecule has 0 fully saturated rings. The molecule has 13 rings (SSSR count). The summed E-state index contributed by atoms with van der Waals surface area (Å²) < 4.78 is 11.3. The summed E-state index contributed by atoms with van der Waals surface area (Å²) in [5.74, 6) is 2.16. The molecular weight excluding hydrogens is 797 g/mol. The quantitative estimate of drug-likeness (QED) is 0.160. The summed E-state index contributed by atoms with van der Waals surface area (Å²) in [6.45, 7) is 0. The van der Waals surface area contributed by atoms with E-state index in [4.69, 9.17) is 24.4 Å². The standard InChI is InChI=1S/C58H36N6O/c1-4-16-37(17-5-1)38-30-32-42(33-31-38)63-50-28-12-10-24-44(50)46-34-35-47-45-25-11-13-29-51(45)64(53(47)52(46)63)43-23-14-22-41(36-43)56-60-55(39-18-6-2-7-19-39)61-57(62-56)48-26-15-27-49-54(48)65-58(59-49)40-20-8-3-9-21-40/h1-36H. The fraction of sp³-hybridized carbons (Fsp3) is 0. The van der Waals surface area contributed by atoms with Crippen LogP contribution in [-0.2, 0) is 0 Å². The Morgan fingerprint density at radius 2 is 0.831 bits per heavy atom. The van der Waals surface area contributed by atoms with Crippen molar-refractivity contribution in [3.05, 3.63) is 218 Å². The number of hydrogen-bond donors (Lipinski definition) is 0. The molecule has 0 aliphatic rings. The van der Waals surface area contributed by atoms with Crippen molar-refractivity contribution in [2.45, 2.75) is 0 Å². The molecule has 304 valence electrons. The molecule has 65 heavy (non-hydrogen) atoms. The first-order valence-electron chi connectivity index (χ1n) is 21.7. The summed E-state index contributed by atoms with van der Waals surface area (Å²) in [4.78, 5) is 20.3. The minimum atomic E-state index is 0.502.